The maximum atomic E-state index is 12.7. The van der Waals surface area contributed by atoms with Gasteiger partial charge in [-0.1, -0.05) is 25.7 Å². The molecule has 0 saturated heterocycles. The van der Waals surface area contributed by atoms with Crippen molar-refractivity contribution in [3.63, 3.8) is 0 Å². The highest BCUT2D eigenvalue weighted by molar-refractivity contribution is 5.95. The van der Waals surface area contributed by atoms with Crippen LogP contribution in [0.4, 0.5) is 4.79 Å². The Kier molecular flexibility index (Phi) is 6.55. The summed E-state index contributed by atoms with van der Waals surface area (Å²) < 4.78 is 10.7. The molecule has 0 unspecified atom stereocenters. The molecule has 2 amide bonds. The number of hydrogen-bond donors (Lipinski definition) is 2. The molecule has 2 aliphatic rings. The molecule has 0 radical (unpaired) electrons. The van der Waals surface area contributed by atoms with Crippen molar-refractivity contribution in [1.82, 2.24) is 15.5 Å². The van der Waals surface area contributed by atoms with Crippen molar-refractivity contribution in [2.24, 2.45) is 0 Å². The number of nitrogens with one attached hydrogen (secondary N) is 2. The molecule has 3 rings (SSSR count). The average molecular weight is 375 g/mol. The molecule has 2 N–H and O–H groups in total. The third-order valence-electron chi connectivity index (χ3n) is 5.33. The van der Waals surface area contributed by atoms with E-state index in [0.29, 0.717) is 29.6 Å². The maximum Gasteiger partial charge on any atom is 0.338 e. The zero-order chi connectivity index (χ0) is 19.2. The summed E-state index contributed by atoms with van der Waals surface area (Å²) in [6.07, 6.45) is 8.83. The summed E-state index contributed by atoms with van der Waals surface area (Å²) in [5.74, 6) is 0.0817. The first-order chi connectivity index (χ1) is 13.1. The molecule has 0 aromatic carbocycles. The number of esters is 1. The van der Waals surface area contributed by atoms with E-state index in [-0.39, 0.29) is 12.6 Å². The molecule has 1 aliphatic carbocycles. The Bertz CT molecular complexity index is 675. The van der Waals surface area contributed by atoms with Gasteiger partial charge in [0.15, 0.2) is 0 Å². The van der Waals surface area contributed by atoms with Crippen LogP contribution in [0.1, 0.15) is 57.3 Å². The minimum atomic E-state index is -0.648. The summed E-state index contributed by atoms with van der Waals surface area (Å²) in [4.78, 5) is 27.2. The number of urea groups is 1. The number of carbonyl (C=O) groups is 2. The second-order valence-corrected chi connectivity index (χ2v) is 7.22. The summed E-state index contributed by atoms with van der Waals surface area (Å²) >= 11 is 0. The Balaban J connectivity index is 1.89. The first-order valence-corrected chi connectivity index (χ1v) is 9.81. The fraction of sp³-hybridized carbons (Fsp3) is 0.600. The van der Waals surface area contributed by atoms with Crippen LogP contribution in [0.5, 0.6) is 0 Å². The molecular formula is C20H29N3O4. The lowest BCUT2D eigenvalue weighted by Gasteiger charge is -2.32. The predicted molar refractivity (Wildman–Crippen MR) is 101 cm³/mol. The summed E-state index contributed by atoms with van der Waals surface area (Å²) in [6, 6.07) is 2.96. The van der Waals surface area contributed by atoms with Crippen LogP contribution in [-0.4, -0.2) is 43.1 Å². The quantitative estimate of drug-likeness (QED) is 0.590. The zero-order valence-electron chi connectivity index (χ0n) is 16.1. The van der Waals surface area contributed by atoms with Crippen molar-refractivity contribution < 1.29 is 18.7 Å². The van der Waals surface area contributed by atoms with Gasteiger partial charge in [0.25, 0.3) is 0 Å². The van der Waals surface area contributed by atoms with Gasteiger partial charge in [-0.3, -0.25) is 4.90 Å². The summed E-state index contributed by atoms with van der Waals surface area (Å²) in [5, 5.41) is 5.61. The van der Waals surface area contributed by atoms with Gasteiger partial charge in [0.05, 0.1) is 18.4 Å². The number of likely N-dealkylation sites (N-methyl/N-ethyl adjacent to an activating group) is 1. The molecule has 1 fully saturated rings. The predicted octanol–water partition coefficient (Wildman–Crippen LogP) is 3.11. The van der Waals surface area contributed by atoms with E-state index in [1.807, 2.05) is 0 Å². The van der Waals surface area contributed by atoms with E-state index >= 15 is 0 Å². The zero-order valence-corrected chi connectivity index (χ0v) is 16.1. The van der Waals surface area contributed by atoms with Crippen molar-refractivity contribution in [2.45, 2.75) is 57.5 Å². The van der Waals surface area contributed by atoms with Crippen molar-refractivity contribution >= 4 is 12.0 Å². The van der Waals surface area contributed by atoms with Crippen molar-refractivity contribution in [2.75, 3.05) is 20.2 Å². The molecule has 1 aromatic rings. The van der Waals surface area contributed by atoms with Crippen LogP contribution < -0.4 is 10.6 Å². The number of rotatable bonds is 6. The van der Waals surface area contributed by atoms with Crippen LogP contribution >= 0.6 is 0 Å². The Labute approximate surface area is 160 Å². The maximum absolute atomic E-state index is 12.7. The molecule has 1 aromatic heterocycles. The molecule has 7 nitrogen and oxygen atoms in total. The lowest BCUT2D eigenvalue weighted by atomic mass is 9.99. The Morgan fingerprint density at radius 2 is 2.04 bits per heavy atom. The highest BCUT2D eigenvalue weighted by Crippen LogP contribution is 2.29. The molecule has 1 atom stereocenters. The van der Waals surface area contributed by atoms with Crippen LogP contribution in [0.2, 0.25) is 0 Å². The van der Waals surface area contributed by atoms with Gasteiger partial charge in [-0.05, 0) is 38.9 Å². The van der Waals surface area contributed by atoms with Gasteiger partial charge in [0, 0.05) is 18.3 Å². The molecule has 27 heavy (non-hydrogen) atoms. The van der Waals surface area contributed by atoms with Crippen LogP contribution in [0.25, 0.3) is 0 Å². The Hall–Kier alpha value is -2.28. The minimum absolute atomic E-state index is 0.271. The van der Waals surface area contributed by atoms with E-state index in [2.05, 4.69) is 22.6 Å². The molecule has 1 saturated carbocycles. The van der Waals surface area contributed by atoms with E-state index in [1.54, 1.807) is 19.1 Å². The molecule has 2 heterocycles. The summed E-state index contributed by atoms with van der Waals surface area (Å²) in [6.45, 7) is 2.53. The van der Waals surface area contributed by atoms with E-state index < -0.39 is 12.0 Å². The van der Waals surface area contributed by atoms with E-state index in [1.165, 1.54) is 31.9 Å². The van der Waals surface area contributed by atoms with Gasteiger partial charge in [-0.15, -0.1) is 0 Å². The second kappa shape index (κ2) is 9.08. The van der Waals surface area contributed by atoms with E-state index in [0.717, 1.165) is 12.8 Å². The highest BCUT2D eigenvalue weighted by Gasteiger charge is 2.36. The molecule has 148 valence electrons. The third kappa shape index (κ3) is 4.71. The number of amides is 2. The van der Waals surface area contributed by atoms with Crippen LogP contribution in [0.3, 0.4) is 0 Å². The molecule has 7 heteroatoms. The number of furan rings is 1. The van der Waals surface area contributed by atoms with Crippen LogP contribution in [0.15, 0.2) is 34.1 Å². The van der Waals surface area contributed by atoms with Crippen LogP contribution in [-0.2, 0) is 9.53 Å². The molecule has 0 bridgehead atoms. The molecule has 1 aliphatic heterocycles. The summed E-state index contributed by atoms with van der Waals surface area (Å²) in [5.41, 5.74) is 0.997. The van der Waals surface area contributed by atoms with Crippen molar-refractivity contribution in [3.8, 4) is 0 Å². The van der Waals surface area contributed by atoms with E-state index in [4.69, 9.17) is 9.15 Å². The first kappa shape index (κ1) is 19.5. The topological polar surface area (TPSA) is 83.8 Å². The smallest absolute Gasteiger partial charge is 0.338 e. The lowest BCUT2D eigenvalue weighted by molar-refractivity contribution is -0.139. The molecule has 0 spiro atoms. The SMILES string of the molecule is CCOC(=O)C1=C(CN(C)C2CCCCCC2)NC(=O)N[C@H]1c1ccco1. The lowest BCUT2D eigenvalue weighted by Crippen LogP contribution is -2.49. The van der Waals surface area contributed by atoms with Gasteiger partial charge in [0.1, 0.15) is 11.8 Å². The second-order valence-electron chi connectivity index (χ2n) is 7.22. The summed E-state index contributed by atoms with van der Waals surface area (Å²) in [7, 11) is 2.06. The van der Waals surface area contributed by atoms with Gasteiger partial charge < -0.3 is 19.8 Å². The van der Waals surface area contributed by atoms with Gasteiger partial charge in [-0.2, -0.15) is 0 Å². The van der Waals surface area contributed by atoms with Crippen molar-refractivity contribution in [3.05, 3.63) is 35.4 Å². The third-order valence-corrected chi connectivity index (χ3v) is 5.33. The largest absolute Gasteiger partial charge is 0.467 e. The first-order valence-electron chi connectivity index (χ1n) is 9.81. The highest BCUT2D eigenvalue weighted by atomic mass is 16.5. The number of nitrogens with zero attached hydrogens (tertiary/aromatic N) is 1. The van der Waals surface area contributed by atoms with Crippen LogP contribution in [0, 0.1) is 0 Å². The van der Waals surface area contributed by atoms with E-state index in [9.17, 15) is 9.59 Å². The van der Waals surface area contributed by atoms with Gasteiger partial charge >= 0.3 is 12.0 Å². The normalized spacial score (nSPS) is 21.6. The number of carbonyl (C=O) groups excluding carboxylic acids is 2. The Morgan fingerprint density at radius 1 is 1.30 bits per heavy atom. The van der Waals surface area contributed by atoms with Crippen molar-refractivity contribution in [1.29, 1.82) is 0 Å². The van der Waals surface area contributed by atoms with Gasteiger partial charge in [0.2, 0.25) is 0 Å². The molecular weight excluding hydrogens is 346 g/mol. The fourth-order valence-electron chi connectivity index (χ4n) is 3.94. The standard InChI is InChI=1S/C20H29N3O4/c1-3-26-19(24)17-15(13-23(2)14-9-6-4-5-7-10-14)21-20(25)22-18(17)16-11-8-12-27-16/h8,11-12,14,18H,3-7,9-10,13H2,1-2H3,(H2,21,22,25)/t18-/m0/s1. The number of ether oxygens (including phenoxy) is 1. The monoisotopic (exact) mass is 375 g/mol. The minimum Gasteiger partial charge on any atom is -0.467 e. The average Bonchev–Trinajstić information content (AvgIpc) is 3.03. The Morgan fingerprint density at radius 3 is 2.67 bits per heavy atom. The fourth-order valence-corrected chi connectivity index (χ4v) is 3.94. The van der Waals surface area contributed by atoms with Gasteiger partial charge in [-0.25, -0.2) is 9.59 Å². The number of hydrogen-bond acceptors (Lipinski definition) is 5.